The first-order valence-corrected chi connectivity index (χ1v) is 11.7. The Morgan fingerprint density at radius 2 is 1.00 bits per heavy atom. The van der Waals surface area contributed by atoms with Crippen LogP contribution in [-0.2, 0) is 5.41 Å². The van der Waals surface area contributed by atoms with Gasteiger partial charge in [0.05, 0.1) is 15.3 Å². The van der Waals surface area contributed by atoms with E-state index in [4.69, 9.17) is 0 Å². The second-order valence-corrected chi connectivity index (χ2v) is 9.68. The minimum atomic E-state index is -1.19. The number of aromatic hydroxyl groups is 2. The zero-order valence-electron chi connectivity index (χ0n) is 20.7. The van der Waals surface area contributed by atoms with Gasteiger partial charge in [0.2, 0.25) is 0 Å². The highest BCUT2D eigenvalue weighted by atomic mass is 16.6. The molecule has 8 nitrogen and oxygen atoms in total. The molecule has 0 fully saturated rings. The zero-order valence-corrected chi connectivity index (χ0v) is 20.7. The summed E-state index contributed by atoms with van der Waals surface area (Å²) in [5.74, 6) is -0.854. The van der Waals surface area contributed by atoms with Gasteiger partial charge in [0, 0.05) is 12.1 Å². The smallest absolute Gasteiger partial charge is 0.311 e. The van der Waals surface area contributed by atoms with Gasteiger partial charge in [-0.05, 0) is 72.2 Å². The Kier molecular flexibility index (Phi) is 5.29. The fourth-order valence-corrected chi connectivity index (χ4v) is 5.57. The van der Waals surface area contributed by atoms with Crippen LogP contribution in [0.1, 0.15) is 44.5 Å². The Morgan fingerprint density at radius 1 is 0.622 bits per heavy atom. The maximum Gasteiger partial charge on any atom is 0.311 e. The van der Waals surface area contributed by atoms with E-state index in [0.29, 0.717) is 22.3 Å². The molecule has 1 aliphatic carbocycles. The molecule has 5 rings (SSSR count). The highest BCUT2D eigenvalue weighted by Gasteiger charge is 2.48. The first-order chi connectivity index (χ1) is 17.5. The Labute approximate surface area is 212 Å². The van der Waals surface area contributed by atoms with Crippen LogP contribution in [0.3, 0.4) is 0 Å². The third-order valence-corrected chi connectivity index (χ3v) is 7.27. The molecule has 0 heterocycles. The standard InChI is InChI=1S/C29H24N2O6/c1-15-5-7-21-22-8-6-16(2)10-24(22)29(23(21)9-15,19-11-17(3)27(32)25(13-19)30(34)35)20-12-18(4)28(33)26(14-20)31(36)37/h5-14,32-33H,1-4H3. The van der Waals surface area contributed by atoms with E-state index in [1.165, 1.54) is 12.1 Å². The number of nitro groups is 2. The summed E-state index contributed by atoms with van der Waals surface area (Å²) in [6.07, 6.45) is 0. The van der Waals surface area contributed by atoms with Gasteiger partial charge < -0.3 is 10.2 Å². The molecule has 2 N–H and O–H groups in total. The molecule has 4 aromatic rings. The summed E-state index contributed by atoms with van der Waals surface area (Å²) in [5.41, 5.74) is 4.84. The first-order valence-electron chi connectivity index (χ1n) is 11.7. The molecule has 0 amide bonds. The number of rotatable bonds is 4. The van der Waals surface area contributed by atoms with Crippen LogP contribution in [0.15, 0.2) is 60.7 Å². The van der Waals surface area contributed by atoms with Crippen LogP contribution in [-0.4, -0.2) is 20.1 Å². The Morgan fingerprint density at radius 3 is 1.35 bits per heavy atom. The maximum atomic E-state index is 11.9. The molecular formula is C29H24N2O6. The number of phenolic OH excluding ortho intramolecular Hbond substituents is 2. The Balaban J connectivity index is 2.05. The highest BCUT2D eigenvalue weighted by Crippen LogP contribution is 2.58. The van der Waals surface area contributed by atoms with E-state index < -0.39 is 38.1 Å². The summed E-state index contributed by atoms with van der Waals surface area (Å²) in [6.45, 7) is 7.06. The van der Waals surface area contributed by atoms with Crippen molar-refractivity contribution in [3.63, 3.8) is 0 Å². The lowest BCUT2D eigenvalue weighted by Gasteiger charge is -2.34. The average molecular weight is 497 g/mol. The number of fused-ring (bicyclic) bond motifs is 3. The van der Waals surface area contributed by atoms with Crippen LogP contribution in [0.25, 0.3) is 11.1 Å². The van der Waals surface area contributed by atoms with Crippen LogP contribution >= 0.6 is 0 Å². The van der Waals surface area contributed by atoms with Gasteiger partial charge in [-0.3, -0.25) is 20.2 Å². The van der Waals surface area contributed by atoms with Crippen molar-refractivity contribution in [1.29, 1.82) is 0 Å². The number of aryl methyl sites for hydroxylation is 4. The van der Waals surface area contributed by atoms with Crippen molar-refractivity contribution in [1.82, 2.24) is 0 Å². The fraction of sp³-hybridized carbons (Fsp3) is 0.172. The average Bonchev–Trinajstić information content (AvgIpc) is 3.11. The molecule has 186 valence electrons. The van der Waals surface area contributed by atoms with Gasteiger partial charge in [0.1, 0.15) is 0 Å². The van der Waals surface area contributed by atoms with Crippen LogP contribution in [0.4, 0.5) is 11.4 Å². The number of phenols is 2. The molecule has 0 atom stereocenters. The Bertz CT molecular complexity index is 1530. The van der Waals surface area contributed by atoms with Crippen LogP contribution in [0.5, 0.6) is 11.5 Å². The molecule has 4 aromatic carbocycles. The van der Waals surface area contributed by atoms with Crippen molar-refractivity contribution in [2.24, 2.45) is 0 Å². The topological polar surface area (TPSA) is 127 Å². The van der Waals surface area contributed by atoms with E-state index in [0.717, 1.165) is 33.4 Å². The molecular weight excluding hydrogens is 472 g/mol. The van der Waals surface area contributed by atoms with E-state index in [-0.39, 0.29) is 0 Å². The fourth-order valence-electron chi connectivity index (χ4n) is 5.57. The van der Waals surface area contributed by atoms with Crippen molar-refractivity contribution in [3.05, 3.63) is 125 Å². The minimum Gasteiger partial charge on any atom is -0.502 e. The molecule has 1 aliphatic rings. The first kappa shape index (κ1) is 24.0. The molecule has 37 heavy (non-hydrogen) atoms. The van der Waals surface area contributed by atoms with Gasteiger partial charge >= 0.3 is 11.4 Å². The number of hydrogen-bond donors (Lipinski definition) is 2. The summed E-state index contributed by atoms with van der Waals surface area (Å²) in [6, 6.07) is 18.0. The van der Waals surface area contributed by atoms with Crippen molar-refractivity contribution < 1.29 is 20.1 Å². The lowest BCUT2D eigenvalue weighted by molar-refractivity contribution is -0.386. The molecule has 0 bridgehead atoms. The predicted molar refractivity (Wildman–Crippen MR) is 139 cm³/mol. The Hall–Kier alpha value is -4.72. The number of nitro benzene ring substituents is 2. The number of benzene rings is 4. The largest absolute Gasteiger partial charge is 0.502 e. The maximum absolute atomic E-state index is 11.9. The van der Waals surface area contributed by atoms with E-state index in [9.17, 15) is 30.4 Å². The van der Waals surface area contributed by atoms with Crippen molar-refractivity contribution >= 4 is 11.4 Å². The molecule has 0 radical (unpaired) electrons. The quantitative estimate of drug-likeness (QED) is 0.216. The number of nitrogens with zero attached hydrogens (tertiary/aromatic N) is 2. The lowest BCUT2D eigenvalue weighted by atomic mass is 9.66. The third-order valence-electron chi connectivity index (χ3n) is 7.27. The molecule has 0 saturated heterocycles. The van der Waals surface area contributed by atoms with Gasteiger partial charge in [0.15, 0.2) is 11.5 Å². The molecule has 0 aliphatic heterocycles. The second kappa shape index (κ2) is 8.16. The lowest BCUT2D eigenvalue weighted by Crippen LogP contribution is -2.29. The van der Waals surface area contributed by atoms with E-state index >= 15 is 0 Å². The summed E-state index contributed by atoms with van der Waals surface area (Å²) < 4.78 is 0. The van der Waals surface area contributed by atoms with Gasteiger partial charge in [-0.1, -0.05) is 59.7 Å². The van der Waals surface area contributed by atoms with Crippen molar-refractivity contribution in [2.45, 2.75) is 33.1 Å². The predicted octanol–water partition coefficient (Wildman–Crippen LogP) is 6.51. The summed E-state index contributed by atoms with van der Waals surface area (Å²) >= 11 is 0. The number of hydrogen-bond acceptors (Lipinski definition) is 6. The second-order valence-electron chi connectivity index (χ2n) is 9.68. The summed E-state index contributed by atoms with van der Waals surface area (Å²) in [5, 5.41) is 44.9. The zero-order chi connectivity index (χ0) is 26.8. The monoisotopic (exact) mass is 496 g/mol. The normalized spacial score (nSPS) is 13.2. The molecule has 8 heteroatoms. The summed E-state index contributed by atoms with van der Waals surface area (Å²) in [7, 11) is 0. The molecule has 0 unspecified atom stereocenters. The van der Waals surface area contributed by atoms with Crippen LogP contribution in [0.2, 0.25) is 0 Å². The molecule has 0 aromatic heterocycles. The van der Waals surface area contributed by atoms with E-state index in [1.54, 1.807) is 26.0 Å². The van der Waals surface area contributed by atoms with Crippen LogP contribution < -0.4 is 0 Å². The third kappa shape index (κ3) is 3.36. The summed E-state index contributed by atoms with van der Waals surface area (Å²) in [4.78, 5) is 22.6. The SMILES string of the molecule is Cc1ccc2c(c1)C(c1cc(C)c(O)c([N+](=O)[O-])c1)(c1cc(C)c(O)c([N+](=O)[O-])c1)c1cc(C)ccc1-2. The van der Waals surface area contributed by atoms with Gasteiger partial charge in [-0.2, -0.15) is 0 Å². The van der Waals surface area contributed by atoms with E-state index in [1.807, 2.05) is 50.2 Å². The van der Waals surface area contributed by atoms with Crippen molar-refractivity contribution in [2.75, 3.05) is 0 Å². The van der Waals surface area contributed by atoms with Gasteiger partial charge in [0.25, 0.3) is 0 Å². The molecule has 0 saturated carbocycles. The van der Waals surface area contributed by atoms with Crippen LogP contribution in [0, 0.1) is 47.9 Å². The molecule has 0 spiro atoms. The highest BCUT2D eigenvalue weighted by molar-refractivity contribution is 5.87. The van der Waals surface area contributed by atoms with E-state index in [2.05, 4.69) is 0 Å². The van der Waals surface area contributed by atoms with Crippen molar-refractivity contribution in [3.8, 4) is 22.6 Å². The minimum absolute atomic E-state index is 0.309. The van der Waals surface area contributed by atoms with Gasteiger partial charge in [-0.25, -0.2) is 0 Å². The van der Waals surface area contributed by atoms with Gasteiger partial charge in [-0.15, -0.1) is 0 Å².